The molecular formula is C22H26N2O4. The molecule has 0 amide bonds. The third-order valence-corrected chi connectivity index (χ3v) is 4.08. The summed E-state index contributed by atoms with van der Waals surface area (Å²) < 4.78 is 16.5. The molecule has 0 spiro atoms. The molecule has 2 aromatic rings. The maximum Gasteiger partial charge on any atom is 0.332 e. The molecule has 0 radical (unpaired) electrons. The van der Waals surface area contributed by atoms with E-state index in [4.69, 9.17) is 19.5 Å². The van der Waals surface area contributed by atoms with Gasteiger partial charge >= 0.3 is 5.97 Å². The quantitative estimate of drug-likeness (QED) is 0.483. The smallest absolute Gasteiger partial charge is 0.332 e. The summed E-state index contributed by atoms with van der Waals surface area (Å²) in [5, 5.41) is 12.1. The molecule has 0 saturated heterocycles. The summed E-state index contributed by atoms with van der Waals surface area (Å²) >= 11 is 0. The monoisotopic (exact) mass is 382 g/mol. The van der Waals surface area contributed by atoms with Gasteiger partial charge in [0.05, 0.1) is 32.0 Å². The number of benzene rings is 2. The molecule has 6 nitrogen and oxygen atoms in total. The molecule has 28 heavy (non-hydrogen) atoms. The topological polar surface area (TPSA) is 80.6 Å². The average molecular weight is 382 g/mol. The van der Waals surface area contributed by atoms with Crippen LogP contribution in [-0.4, -0.2) is 26.3 Å². The molecule has 1 N–H and O–H groups in total. The van der Waals surface area contributed by atoms with Gasteiger partial charge in [-0.05, 0) is 55.3 Å². The highest BCUT2D eigenvalue weighted by Crippen LogP contribution is 2.30. The fourth-order valence-corrected chi connectivity index (χ4v) is 2.63. The van der Waals surface area contributed by atoms with E-state index in [0.29, 0.717) is 41.5 Å². The minimum atomic E-state index is -0.744. The van der Waals surface area contributed by atoms with Crippen molar-refractivity contribution in [3.63, 3.8) is 0 Å². The Morgan fingerprint density at radius 1 is 1.11 bits per heavy atom. The molecule has 0 fully saturated rings. The zero-order valence-electron chi connectivity index (χ0n) is 16.5. The fraction of sp³-hybridized carbons (Fsp3) is 0.364. The van der Waals surface area contributed by atoms with Crippen LogP contribution in [0.2, 0.25) is 0 Å². The maximum absolute atomic E-state index is 12.5. The van der Waals surface area contributed by atoms with E-state index in [1.54, 1.807) is 30.3 Å². The van der Waals surface area contributed by atoms with Crippen molar-refractivity contribution >= 4 is 11.7 Å². The number of unbranched alkanes of at least 4 members (excludes halogenated alkanes) is 1. The molecule has 0 aliphatic carbocycles. The van der Waals surface area contributed by atoms with E-state index in [9.17, 15) is 4.79 Å². The van der Waals surface area contributed by atoms with Crippen LogP contribution in [0.3, 0.4) is 0 Å². The number of carbonyl (C=O) groups is 1. The number of rotatable bonds is 10. The van der Waals surface area contributed by atoms with E-state index < -0.39 is 12.0 Å². The van der Waals surface area contributed by atoms with Gasteiger partial charge in [-0.25, -0.2) is 4.79 Å². The predicted molar refractivity (Wildman–Crippen MR) is 108 cm³/mol. The Morgan fingerprint density at radius 2 is 1.79 bits per heavy atom. The van der Waals surface area contributed by atoms with Gasteiger partial charge in [0.15, 0.2) is 6.04 Å². The minimum Gasteiger partial charge on any atom is -0.494 e. The van der Waals surface area contributed by atoms with Crippen LogP contribution in [0.15, 0.2) is 42.5 Å². The number of ether oxygens (including phenoxy) is 3. The first-order valence-electron chi connectivity index (χ1n) is 9.36. The lowest BCUT2D eigenvalue weighted by atomic mass is 10.1. The van der Waals surface area contributed by atoms with E-state index in [1.165, 1.54) is 7.11 Å². The third-order valence-electron chi connectivity index (χ3n) is 4.08. The number of esters is 1. The summed E-state index contributed by atoms with van der Waals surface area (Å²) in [4.78, 5) is 12.5. The molecule has 2 rings (SSSR count). The normalized spacial score (nSPS) is 11.2. The van der Waals surface area contributed by atoms with E-state index in [0.717, 1.165) is 12.8 Å². The number of hydrogen-bond acceptors (Lipinski definition) is 6. The van der Waals surface area contributed by atoms with E-state index >= 15 is 0 Å². The lowest BCUT2D eigenvalue weighted by molar-refractivity contribution is -0.141. The summed E-state index contributed by atoms with van der Waals surface area (Å²) in [5.41, 5.74) is 1.92. The maximum atomic E-state index is 12.5. The molecule has 2 aromatic carbocycles. The van der Waals surface area contributed by atoms with Crippen molar-refractivity contribution in [1.29, 1.82) is 5.26 Å². The molecule has 1 atom stereocenters. The van der Waals surface area contributed by atoms with Crippen LogP contribution in [0.25, 0.3) is 0 Å². The van der Waals surface area contributed by atoms with Crippen LogP contribution in [-0.2, 0) is 9.53 Å². The van der Waals surface area contributed by atoms with Gasteiger partial charge in [0.2, 0.25) is 0 Å². The van der Waals surface area contributed by atoms with Crippen molar-refractivity contribution in [3.8, 4) is 17.6 Å². The van der Waals surface area contributed by atoms with Gasteiger partial charge in [-0.2, -0.15) is 5.26 Å². The second-order valence-corrected chi connectivity index (χ2v) is 6.16. The van der Waals surface area contributed by atoms with E-state index in [1.807, 2.05) is 19.1 Å². The van der Waals surface area contributed by atoms with Gasteiger partial charge < -0.3 is 19.5 Å². The van der Waals surface area contributed by atoms with Crippen LogP contribution < -0.4 is 14.8 Å². The summed E-state index contributed by atoms with van der Waals surface area (Å²) in [5.74, 6) is 0.837. The fourth-order valence-electron chi connectivity index (χ4n) is 2.63. The van der Waals surface area contributed by atoms with Crippen molar-refractivity contribution < 1.29 is 19.0 Å². The highest BCUT2D eigenvalue weighted by molar-refractivity contribution is 5.81. The number of anilines is 1. The summed E-state index contributed by atoms with van der Waals surface area (Å²) in [6.07, 6.45) is 1.97. The SMILES string of the molecule is CCCCOc1cc(OCC)cc(C(Nc2ccc(C#N)cc2)C(=O)OC)c1. The standard InChI is InChI=1S/C22H26N2O4/c1-4-6-11-28-20-13-17(12-19(14-20)27-5-2)21(22(25)26-3)24-18-9-7-16(15-23)8-10-18/h7-10,12-14,21,24H,4-6,11H2,1-3H3. The zero-order valence-corrected chi connectivity index (χ0v) is 16.5. The molecule has 0 saturated carbocycles. The van der Waals surface area contributed by atoms with Gasteiger partial charge in [-0.15, -0.1) is 0 Å². The second-order valence-electron chi connectivity index (χ2n) is 6.16. The Hall–Kier alpha value is -3.20. The van der Waals surface area contributed by atoms with Crippen LogP contribution >= 0.6 is 0 Å². The van der Waals surface area contributed by atoms with Crippen LogP contribution in [0.1, 0.15) is 43.9 Å². The molecule has 148 valence electrons. The van der Waals surface area contributed by atoms with Crippen LogP contribution in [0, 0.1) is 11.3 Å². The number of nitriles is 1. The average Bonchev–Trinajstić information content (AvgIpc) is 2.72. The van der Waals surface area contributed by atoms with Gasteiger partial charge in [0, 0.05) is 11.8 Å². The number of carbonyl (C=O) groups excluding carboxylic acids is 1. The first kappa shape index (κ1) is 21.1. The number of nitrogens with zero attached hydrogens (tertiary/aromatic N) is 1. The van der Waals surface area contributed by atoms with Crippen LogP contribution in [0.4, 0.5) is 5.69 Å². The van der Waals surface area contributed by atoms with E-state index in [-0.39, 0.29) is 0 Å². The highest BCUT2D eigenvalue weighted by Gasteiger charge is 2.23. The zero-order chi connectivity index (χ0) is 20.4. The summed E-state index contributed by atoms with van der Waals surface area (Å²) in [7, 11) is 1.35. The van der Waals surface area contributed by atoms with Crippen molar-refractivity contribution in [3.05, 3.63) is 53.6 Å². The van der Waals surface area contributed by atoms with Crippen molar-refractivity contribution in [1.82, 2.24) is 0 Å². The third kappa shape index (κ3) is 5.92. The number of nitrogens with one attached hydrogen (secondary N) is 1. The van der Waals surface area contributed by atoms with Gasteiger partial charge in [-0.1, -0.05) is 13.3 Å². The molecule has 0 aliphatic rings. The first-order chi connectivity index (χ1) is 13.6. The van der Waals surface area contributed by atoms with Crippen molar-refractivity contribution in [2.75, 3.05) is 25.6 Å². The molecule has 0 aliphatic heterocycles. The second kappa shape index (κ2) is 10.8. The van der Waals surface area contributed by atoms with Crippen molar-refractivity contribution in [2.45, 2.75) is 32.7 Å². The Morgan fingerprint density at radius 3 is 2.36 bits per heavy atom. The molecule has 0 aromatic heterocycles. The molecule has 1 unspecified atom stereocenters. The highest BCUT2D eigenvalue weighted by atomic mass is 16.5. The summed E-state index contributed by atoms with van der Waals surface area (Å²) in [6, 6.07) is 13.6. The Balaban J connectivity index is 2.34. The van der Waals surface area contributed by atoms with Gasteiger partial charge in [-0.3, -0.25) is 0 Å². The summed E-state index contributed by atoms with van der Waals surface area (Å²) in [6.45, 7) is 5.10. The number of hydrogen-bond donors (Lipinski definition) is 1. The molecule has 6 heteroatoms. The van der Waals surface area contributed by atoms with Crippen molar-refractivity contribution in [2.24, 2.45) is 0 Å². The van der Waals surface area contributed by atoms with Gasteiger partial charge in [0.1, 0.15) is 11.5 Å². The Labute approximate surface area is 166 Å². The number of methoxy groups -OCH3 is 1. The molecule has 0 heterocycles. The Kier molecular flexibility index (Phi) is 8.16. The molecular weight excluding hydrogens is 356 g/mol. The lowest BCUT2D eigenvalue weighted by Gasteiger charge is -2.20. The largest absolute Gasteiger partial charge is 0.494 e. The Bertz CT molecular complexity index is 812. The lowest BCUT2D eigenvalue weighted by Crippen LogP contribution is -2.22. The first-order valence-corrected chi connectivity index (χ1v) is 9.36. The predicted octanol–water partition coefficient (Wildman–Crippen LogP) is 4.46. The van der Waals surface area contributed by atoms with Gasteiger partial charge in [0.25, 0.3) is 0 Å². The van der Waals surface area contributed by atoms with E-state index in [2.05, 4.69) is 18.3 Å². The molecule has 0 bridgehead atoms. The van der Waals surface area contributed by atoms with Crippen LogP contribution in [0.5, 0.6) is 11.5 Å². The minimum absolute atomic E-state index is 0.433.